The molecular weight excluding hydrogens is 414 g/mol. The fraction of sp³-hybridized carbons (Fsp3) is 0.200. The summed E-state index contributed by atoms with van der Waals surface area (Å²) in [6.07, 6.45) is 0. The van der Waals surface area contributed by atoms with Gasteiger partial charge in [0.2, 0.25) is 30.1 Å². The van der Waals surface area contributed by atoms with Crippen LogP contribution in [0.5, 0.6) is 0 Å². The van der Waals surface area contributed by atoms with E-state index in [4.69, 9.17) is 0 Å². The number of hydrogen-bond acceptors (Lipinski definition) is 6. The zero-order valence-electron chi connectivity index (χ0n) is 14.4. The molecule has 1 aromatic carbocycles. The van der Waals surface area contributed by atoms with E-state index in [1.807, 2.05) is 0 Å². The van der Waals surface area contributed by atoms with Gasteiger partial charge < -0.3 is 0 Å². The normalized spacial score (nSPS) is 12.4. The van der Waals surface area contributed by atoms with Gasteiger partial charge in [0.05, 0.1) is 0 Å². The molecule has 0 aromatic heterocycles. The van der Waals surface area contributed by atoms with Gasteiger partial charge in [-0.3, -0.25) is 0 Å². The number of benzene rings is 1. The quantitative estimate of drug-likeness (QED) is 0.434. The Kier molecular flexibility index (Phi) is 8.07. The van der Waals surface area contributed by atoms with Crippen molar-refractivity contribution in [3.05, 3.63) is 70.9 Å². The van der Waals surface area contributed by atoms with Crippen LogP contribution in [0.15, 0.2) is 54.2 Å². The maximum atomic E-state index is 11.5. The number of sulfonamides is 3. The number of rotatable bonds is 12. The molecule has 0 bridgehead atoms. The van der Waals surface area contributed by atoms with E-state index in [0.717, 1.165) is 16.2 Å². The van der Waals surface area contributed by atoms with Crippen LogP contribution in [0.3, 0.4) is 0 Å². The fourth-order valence-corrected chi connectivity index (χ4v) is 3.33. The minimum Gasteiger partial charge on any atom is -0.208 e. The van der Waals surface area contributed by atoms with Crippen LogP contribution in [0.1, 0.15) is 16.7 Å². The van der Waals surface area contributed by atoms with E-state index in [1.54, 1.807) is 18.2 Å². The molecule has 0 spiro atoms. The molecule has 0 amide bonds. The van der Waals surface area contributed by atoms with Gasteiger partial charge in [0.25, 0.3) is 0 Å². The zero-order valence-corrected chi connectivity index (χ0v) is 16.8. The van der Waals surface area contributed by atoms with Crippen LogP contribution in [0.4, 0.5) is 0 Å². The van der Waals surface area contributed by atoms with Crippen molar-refractivity contribution in [3.63, 3.8) is 0 Å². The highest BCUT2D eigenvalue weighted by molar-refractivity contribution is 7.92. The smallest absolute Gasteiger partial charge is 0.208 e. The van der Waals surface area contributed by atoms with E-state index < -0.39 is 30.1 Å². The summed E-state index contributed by atoms with van der Waals surface area (Å²) in [4.78, 5) is 0. The lowest BCUT2D eigenvalue weighted by Crippen LogP contribution is -2.23. The van der Waals surface area contributed by atoms with E-state index in [2.05, 4.69) is 33.9 Å². The second-order valence-corrected chi connectivity index (χ2v) is 10.4. The molecule has 150 valence electrons. The maximum absolute atomic E-state index is 11.5. The van der Waals surface area contributed by atoms with Gasteiger partial charge in [-0.25, -0.2) is 39.4 Å². The molecule has 27 heavy (non-hydrogen) atoms. The van der Waals surface area contributed by atoms with Crippen molar-refractivity contribution in [3.8, 4) is 0 Å². The van der Waals surface area contributed by atoms with Crippen LogP contribution in [0.25, 0.3) is 0 Å². The predicted molar refractivity (Wildman–Crippen MR) is 104 cm³/mol. The van der Waals surface area contributed by atoms with E-state index >= 15 is 0 Å². The second-order valence-electron chi connectivity index (χ2n) is 5.26. The Morgan fingerprint density at radius 2 is 0.815 bits per heavy atom. The third-order valence-electron chi connectivity index (χ3n) is 3.20. The molecule has 3 N–H and O–H groups in total. The Morgan fingerprint density at radius 3 is 1.00 bits per heavy atom. The van der Waals surface area contributed by atoms with Gasteiger partial charge >= 0.3 is 0 Å². The topological polar surface area (TPSA) is 139 Å². The molecule has 0 atom stereocenters. The largest absolute Gasteiger partial charge is 0.233 e. The average molecular weight is 436 g/mol. The summed E-state index contributed by atoms with van der Waals surface area (Å²) < 4.78 is 75.9. The molecule has 0 fully saturated rings. The van der Waals surface area contributed by atoms with Crippen molar-refractivity contribution in [2.24, 2.45) is 0 Å². The van der Waals surface area contributed by atoms with E-state index in [0.29, 0.717) is 16.7 Å². The van der Waals surface area contributed by atoms with Crippen molar-refractivity contribution >= 4 is 30.1 Å². The molecule has 0 radical (unpaired) electrons. The molecule has 0 heterocycles. The second kappa shape index (κ2) is 9.39. The molecular formula is C15H21N3O6S3. The summed E-state index contributed by atoms with van der Waals surface area (Å²) in [5.74, 6) is 0. The zero-order chi connectivity index (χ0) is 20.7. The highest BCUT2D eigenvalue weighted by atomic mass is 32.2. The molecule has 0 unspecified atom stereocenters. The van der Waals surface area contributed by atoms with Gasteiger partial charge in [-0.15, -0.1) is 0 Å². The predicted octanol–water partition coefficient (Wildman–Crippen LogP) is 0.375. The first-order valence-corrected chi connectivity index (χ1v) is 12.0. The maximum Gasteiger partial charge on any atom is 0.233 e. The van der Waals surface area contributed by atoms with E-state index in [1.165, 1.54) is 0 Å². The lowest BCUT2D eigenvalue weighted by Gasteiger charge is -2.11. The number of nitrogens with one attached hydrogen (secondary N) is 3. The number of hydrogen-bond donors (Lipinski definition) is 3. The van der Waals surface area contributed by atoms with Gasteiger partial charge in [0, 0.05) is 35.9 Å². The monoisotopic (exact) mass is 435 g/mol. The molecule has 0 aliphatic heterocycles. The van der Waals surface area contributed by atoms with Crippen molar-refractivity contribution in [2.75, 3.05) is 0 Å². The van der Waals surface area contributed by atoms with E-state index in [9.17, 15) is 25.3 Å². The summed E-state index contributed by atoms with van der Waals surface area (Å²) in [7, 11) is -11.0. The molecule has 1 aromatic rings. The third kappa shape index (κ3) is 8.60. The summed E-state index contributed by atoms with van der Waals surface area (Å²) in [6, 6.07) is 4.76. The van der Waals surface area contributed by atoms with Crippen LogP contribution in [0, 0.1) is 0 Å². The standard InChI is InChI=1S/C15H21N3O6S3/c1-4-25(19,20)16-10-13-7-14(11-17-26(21,22)5-2)9-15(8-13)12-18-27(23,24)6-3/h4-9,16-18H,1-3,10-12H2. The lowest BCUT2D eigenvalue weighted by atomic mass is 10.1. The SMILES string of the molecule is C=CS(=O)(=O)NCc1cc(CNS(=O)(=O)C=C)cc(CNS(=O)(=O)C=C)c1. The minimum atomic E-state index is -3.66. The molecule has 0 aliphatic rings. The Morgan fingerprint density at radius 1 is 0.593 bits per heavy atom. The summed E-state index contributed by atoms with van der Waals surface area (Å²) in [6.45, 7) is 9.31. The minimum absolute atomic E-state index is 0.0857. The van der Waals surface area contributed by atoms with Crippen LogP contribution in [-0.4, -0.2) is 25.3 Å². The summed E-state index contributed by atoms with van der Waals surface area (Å²) in [5, 5.41) is 2.27. The third-order valence-corrected chi connectivity index (χ3v) is 6.16. The van der Waals surface area contributed by atoms with E-state index in [-0.39, 0.29) is 19.6 Å². The van der Waals surface area contributed by atoms with Crippen LogP contribution >= 0.6 is 0 Å². The average Bonchev–Trinajstić information content (AvgIpc) is 2.63. The van der Waals surface area contributed by atoms with Crippen molar-refractivity contribution in [2.45, 2.75) is 19.6 Å². The van der Waals surface area contributed by atoms with Gasteiger partial charge in [0.15, 0.2) is 0 Å². The molecule has 9 nitrogen and oxygen atoms in total. The van der Waals surface area contributed by atoms with Crippen LogP contribution in [-0.2, 0) is 49.7 Å². The van der Waals surface area contributed by atoms with Crippen LogP contribution in [0.2, 0.25) is 0 Å². The highest BCUT2D eigenvalue weighted by Crippen LogP contribution is 2.12. The summed E-state index contributed by atoms with van der Waals surface area (Å²) in [5.41, 5.74) is 1.51. The van der Waals surface area contributed by atoms with Gasteiger partial charge in [0.1, 0.15) is 0 Å². The lowest BCUT2D eigenvalue weighted by molar-refractivity contribution is 0.590. The van der Waals surface area contributed by atoms with Crippen molar-refractivity contribution in [1.29, 1.82) is 0 Å². The molecule has 0 saturated heterocycles. The van der Waals surface area contributed by atoms with Gasteiger partial charge in [-0.1, -0.05) is 37.9 Å². The highest BCUT2D eigenvalue weighted by Gasteiger charge is 2.10. The Balaban J connectivity index is 3.11. The van der Waals surface area contributed by atoms with Gasteiger partial charge in [-0.05, 0) is 16.7 Å². The van der Waals surface area contributed by atoms with Crippen molar-refractivity contribution in [1.82, 2.24) is 14.2 Å². The fourth-order valence-electron chi connectivity index (χ4n) is 1.87. The molecule has 0 saturated carbocycles. The van der Waals surface area contributed by atoms with Crippen LogP contribution < -0.4 is 14.2 Å². The first-order chi connectivity index (χ1) is 12.4. The first kappa shape index (κ1) is 23.2. The Labute approximate surface area is 160 Å². The summed E-state index contributed by atoms with van der Waals surface area (Å²) >= 11 is 0. The first-order valence-electron chi connectivity index (χ1n) is 7.40. The van der Waals surface area contributed by atoms with Gasteiger partial charge in [-0.2, -0.15) is 0 Å². The molecule has 12 heteroatoms. The van der Waals surface area contributed by atoms with Crippen molar-refractivity contribution < 1.29 is 25.3 Å². The Bertz CT molecular complexity index is 883. The Hall–Kier alpha value is -1.83. The molecule has 0 aliphatic carbocycles. The molecule has 1 rings (SSSR count).